The Kier molecular flexibility index (Phi) is 5.12. The van der Waals surface area contributed by atoms with Gasteiger partial charge in [0.1, 0.15) is 0 Å². The Morgan fingerprint density at radius 3 is 2.56 bits per heavy atom. The predicted octanol–water partition coefficient (Wildman–Crippen LogP) is 2.45. The van der Waals surface area contributed by atoms with Crippen molar-refractivity contribution in [1.82, 2.24) is 5.32 Å². The van der Waals surface area contributed by atoms with E-state index in [1.807, 2.05) is 25.2 Å². The first-order valence-corrected chi connectivity index (χ1v) is 5.61. The quantitative estimate of drug-likeness (QED) is 0.803. The molecule has 0 bridgehead atoms. The fraction of sp³-hybridized carbons (Fsp3) is 0.538. The molecule has 3 nitrogen and oxygen atoms in total. The largest absolute Gasteiger partial charge is 0.493 e. The van der Waals surface area contributed by atoms with Gasteiger partial charge in [-0.25, -0.2) is 0 Å². The summed E-state index contributed by atoms with van der Waals surface area (Å²) < 4.78 is 11.0. The van der Waals surface area contributed by atoms with E-state index >= 15 is 0 Å². The summed E-state index contributed by atoms with van der Waals surface area (Å²) in [4.78, 5) is 0. The lowest BCUT2D eigenvalue weighted by Gasteiger charge is -2.13. The zero-order chi connectivity index (χ0) is 12.0. The molecule has 90 valence electrons. The van der Waals surface area contributed by atoms with Crippen molar-refractivity contribution < 1.29 is 9.47 Å². The van der Waals surface area contributed by atoms with Gasteiger partial charge in [-0.15, -0.1) is 0 Å². The number of nitrogens with one attached hydrogen (secondary N) is 1. The van der Waals surface area contributed by atoms with E-state index in [9.17, 15) is 0 Å². The van der Waals surface area contributed by atoms with Crippen LogP contribution in [0.1, 0.15) is 19.4 Å². The zero-order valence-corrected chi connectivity index (χ0v) is 10.5. The van der Waals surface area contributed by atoms with Gasteiger partial charge in [0.05, 0.1) is 13.7 Å². The fourth-order valence-electron chi connectivity index (χ4n) is 1.40. The first-order chi connectivity index (χ1) is 7.67. The van der Waals surface area contributed by atoms with Crippen molar-refractivity contribution >= 4 is 0 Å². The van der Waals surface area contributed by atoms with Crippen molar-refractivity contribution in [2.75, 3.05) is 20.8 Å². The molecule has 0 saturated carbocycles. The summed E-state index contributed by atoms with van der Waals surface area (Å²) in [5, 5.41) is 3.12. The van der Waals surface area contributed by atoms with E-state index in [1.54, 1.807) is 7.11 Å². The Morgan fingerprint density at radius 1 is 1.25 bits per heavy atom. The van der Waals surface area contributed by atoms with Gasteiger partial charge < -0.3 is 14.8 Å². The lowest BCUT2D eigenvalue weighted by Crippen LogP contribution is -2.08. The Balaban J connectivity index is 2.79. The molecule has 0 aromatic heterocycles. The molecule has 1 aromatic carbocycles. The first-order valence-electron chi connectivity index (χ1n) is 5.61. The maximum Gasteiger partial charge on any atom is 0.161 e. The summed E-state index contributed by atoms with van der Waals surface area (Å²) in [5.41, 5.74) is 1.20. The molecule has 1 rings (SSSR count). The lowest BCUT2D eigenvalue weighted by molar-refractivity contribution is 0.256. The van der Waals surface area contributed by atoms with Crippen molar-refractivity contribution in [3.05, 3.63) is 23.8 Å². The Labute approximate surface area is 97.8 Å². The van der Waals surface area contributed by atoms with Crippen molar-refractivity contribution in [2.24, 2.45) is 5.92 Å². The van der Waals surface area contributed by atoms with Crippen LogP contribution in [0.2, 0.25) is 0 Å². The molecule has 0 aliphatic rings. The van der Waals surface area contributed by atoms with Crippen LogP contribution in [0.5, 0.6) is 11.5 Å². The molecule has 16 heavy (non-hydrogen) atoms. The number of benzene rings is 1. The monoisotopic (exact) mass is 223 g/mol. The van der Waals surface area contributed by atoms with Gasteiger partial charge in [0.25, 0.3) is 0 Å². The third kappa shape index (κ3) is 3.74. The summed E-state index contributed by atoms with van der Waals surface area (Å²) in [6.45, 7) is 5.80. The summed E-state index contributed by atoms with van der Waals surface area (Å²) >= 11 is 0. The third-order valence-corrected chi connectivity index (χ3v) is 2.18. The highest BCUT2D eigenvalue weighted by atomic mass is 16.5. The Bertz CT molecular complexity index is 324. The molecule has 1 aromatic rings. The summed E-state index contributed by atoms with van der Waals surface area (Å²) in [7, 11) is 3.59. The molecule has 3 heteroatoms. The molecule has 0 aliphatic heterocycles. The highest BCUT2D eigenvalue weighted by Crippen LogP contribution is 2.28. The molecule has 0 unspecified atom stereocenters. The number of methoxy groups -OCH3 is 1. The Hall–Kier alpha value is -1.22. The zero-order valence-electron chi connectivity index (χ0n) is 10.5. The van der Waals surface area contributed by atoms with Gasteiger partial charge in [0.2, 0.25) is 0 Å². The smallest absolute Gasteiger partial charge is 0.161 e. The predicted molar refractivity (Wildman–Crippen MR) is 66.1 cm³/mol. The second-order valence-corrected chi connectivity index (χ2v) is 4.22. The molecule has 0 fully saturated rings. The van der Waals surface area contributed by atoms with E-state index in [0.717, 1.165) is 18.0 Å². The minimum atomic E-state index is 0.512. The topological polar surface area (TPSA) is 30.5 Å². The van der Waals surface area contributed by atoms with Gasteiger partial charge in [-0.1, -0.05) is 19.9 Å². The van der Waals surface area contributed by atoms with Crippen molar-refractivity contribution in [3.8, 4) is 11.5 Å². The van der Waals surface area contributed by atoms with Crippen molar-refractivity contribution in [3.63, 3.8) is 0 Å². The average molecular weight is 223 g/mol. The van der Waals surface area contributed by atoms with Crippen LogP contribution in [0.25, 0.3) is 0 Å². The standard InChI is InChI=1S/C13H21NO2/c1-10(2)9-16-13-7-11(8-14-3)5-6-12(13)15-4/h5-7,10,14H,8-9H2,1-4H3. The molecule has 0 atom stereocenters. The third-order valence-electron chi connectivity index (χ3n) is 2.18. The van der Waals surface area contributed by atoms with E-state index in [1.165, 1.54) is 5.56 Å². The van der Waals surface area contributed by atoms with Crippen LogP contribution in [-0.2, 0) is 6.54 Å². The van der Waals surface area contributed by atoms with Gasteiger partial charge in [-0.3, -0.25) is 0 Å². The lowest BCUT2D eigenvalue weighted by atomic mass is 10.2. The van der Waals surface area contributed by atoms with E-state index in [0.29, 0.717) is 12.5 Å². The van der Waals surface area contributed by atoms with Crippen molar-refractivity contribution in [1.29, 1.82) is 0 Å². The summed E-state index contributed by atoms with van der Waals surface area (Å²) in [6.07, 6.45) is 0. The molecule has 0 heterocycles. The number of hydrogen-bond acceptors (Lipinski definition) is 3. The Morgan fingerprint density at radius 2 is 2.00 bits per heavy atom. The minimum Gasteiger partial charge on any atom is -0.493 e. The van der Waals surface area contributed by atoms with Crippen LogP contribution in [0.3, 0.4) is 0 Å². The first kappa shape index (κ1) is 12.8. The van der Waals surface area contributed by atoms with E-state index < -0.39 is 0 Å². The molecule has 0 amide bonds. The van der Waals surface area contributed by atoms with E-state index in [-0.39, 0.29) is 0 Å². The minimum absolute atomic E-state index is 0.512. The van der Waals surface area contributed by atoms with Gasteiger partial charge in [-0.2, -0.15) is 0 Å². The van der Waals surface area contributed by atoms with Gasteiger partial charge in [0.15, 0.2) is 11.5 Å². The second kappa shape index (κ2) is 6.38. The normalized spacial score (nSPS) is 10.6. The van der Waals surface area contributed by atoms with Crippen LogP contribution in [-0.4, -0.2) is 20.8 Å². The molecule has 0 saturated heterocycles. The van der Waals surface area contributed by atoms with Crippen LogP contribution >= 0.6 is 0 Å². The number of rotatable bonds is 6. The van der Waals surface area contributed by atoms with Crippen LogP contribution < -0.4 is 14.8 Å². The maximum atomic E-state index is 5.72. The average Bonchev–Trinajstić information content (AvgIpc) is 2.27. The second-order valence-electron chi connectivity index (χ2n) is 4.22. The summed E-state index contributed by atoms with van der Waals surface area (Å²) in [5.74, 6) is 2.13. The summed E-state index contributed by atoms with van der Waals surface area (Å²) in [6, 6.07) is 6.01. The van der Waals surface area contributed by atoms with Gasteiger partial charge in [0, 0.05) is 6.54 Å². The number of hydrogen-bond donors (Lipinski definition) is 1. The molecular weight excluding hydrogens is 202 g/mol. The molecule has 1 N–H and O–H groups in total. The van der Waals surface area contributed by atoms with E-state index in [2.05, 4.69) is 19.2 Å². The van der Waals surface area contributed by atoms with Crippen LogP contribution in [0.15, 0.2) is 18.2 Å². The van der Waals surface area contributed by atoms with Crippen LogP contribution in [0, 0.1) is 5.92 Å². The fourth-order valence-corrected chi connectivity index (χ4v) is 1.40. The molecular formula is C13H21NO2. The number of ether oxygens (including phenoxy) is 2. The SMILES string of the molecule is CNCc1ccc(OC)c(OCC(C)C)c1. The highest BCUT2D eigenvalue weighted by Gasteiger charge is 2.06. The van der Waals surface area contributed by atoms with Gasteiger partial charge >= 0.3 is 0 Å². The van der Waals surface area contributed by atoms with Crippen molar-refractivity contribution in [2.45, 2.75) is 20.4 Å². The van der Waals surface area contributed by atoms with Gasteiger partial charge in [-0.05, 0) is 30.7 Å². The molecule has 0 radical (unpaired) electrons. The molecule has 0 spiro atoms. The van der Waals surface area contributed by atoms with Crippen LogP contribution in [0.4, 0.5) is 0 Å². The highest BCUT2D eigenvalue weighted by molar-refractivity contribution is 5.42. The van der Waals surface area contributed by atoms with E-state index in [4.69, 9.17) is 9.47 Å². The maximum absolute atomic E-state index is 5.72. The molecule has 0 aliphatic carbocycles.